The molecule has 0 aliphatic rings. The molecule has 0 saturated carbocycles. The number of nitrogens with zero attached hydrogens (tertiary/aromatic N) is 1. The van der Waals surface area contributed by atoms with Gasteiger partial charge in [0, 0.05) is 34.8 Å². The number of aromatic nitrogens is 1. The summed E-state index contributed by atoms with van der Waals surface area (Å²) in [6.45, 7) is 1.49. The number of aromatic amines is 1. The van der Waals surface area contributed by atoms with Gasteiger partial charge in [-0.2, -0.15) is 0 Å². The molecule has 7 nitrogen and oxygen atoms in total. The number of ketones is 1. The Morgan fingerprint density at radius 2 is 1.80 bits per heavy atom. The third-order valence-corrected chi connectivity index (χ3v) is 3.82. The molecule has 3 aromatic rings. The number of nitrogens with one attached hydrogen (secondary N) is 1. The maximum absolute atomic E-state index is 12.5. The van der Waals surface area contributed by atoms with Crippen molar-refractivity contribution >= 4 is 28.3 Å². The summed E-state index contributed by atoms with van der Waals surface area (Å²) >= 11 is 0. The number of nitro groups is 1. The highest BCUT2D eigenvalue weighted by molar-refractivity contribution is 6.10. The number of non-ortho nitro benzene ring substituents is 1. The number of ether oxygens (including phenoxy) is 1. The molecule has 1 heterocycles. The molecule has 0 radical (unpaired) electrons. The van der Waals surface area contributed by atoms with E-state index in [0.717, 1.165) is 10.9 Å². The molecule has 7 heteroatoms. The van der Waals surface area contributed by atoms with E-state index in [1.807, 2.05) is 24.3 Å². The van der Waals surface area contributed by atoms with Crippen LogP contribution in [-0.4, -0.2) is 27.8 Å². The Balaban J connectivity index is 1.74. The molecule has 1 atom stereocenters. The molecule has 25 heavy (non-hydrogen) atoms. The van der Waals surface area contributed by atoms with Gasteiger partial charge < -0.3 is 9.72 Å². The third-order valence-electron chi connectivity index (χ3n) is 3.82. The van der Waals surface area contributed by atoms with Crippen molar-refractivity contribution in [3.8, 4) is 0 Å². The normalized spacial score (nSPS) is 11.9. The van der Waals surface area contributed by atoms with Gasteiger partial charge in [0.25, 0.3) is 5.69 Å². The fourth-order valence-corrected chi connectivity index (χ4v) is 2.50. The Bertz CT molecular complexity index is 959. The van der Waals surface area contributed by atoms with Gasteiger partial charge in [0.2, 0.25) is 5.78 Å². The molecule has 1 N–H and O–H groups in total. The Morgan fingerprint density at radius 1 is 1.12 bits per heavy atom. The van der Waals surface area contributed by atoms with Gasteiger partial charge in [-0.1, -0.05) is 18.2 Å². The second-order valence-corrected chi connectivity index (χ2v) is 5.46. The van der Waals surface area contributed by atoms with Crippen molar-refractivity contribution in [1.29, 1.82) is 0 Å². The predicted molar refractivity (Wildman–Crippen MR) is 90.6 cm³/mol. The monoisotopic (exact) mass is 338 g/mol. The first-order chi connectivity index (χ1) is 12.0. The van der Waals surface area contributed by atoms with Crippen LogP contribution in [-0.2, 0) is 4.74 Å². The lowest BCUT2D eigenvalue weighted by atomic mass is 10.1. The van der Waals surface area contributed by atoms with Crippen LogP contribution in [0.5, 0.6) is 0 Å². The SMILES string of the molecule is C[C@H](OC(=O)c1ccc([N+](=O)[O-])cc1)C(=O)c1c[nH]c2ccccc12. The van der Waals surface area contributed by atoms with Crippen molar-refractivity contribution in [2.75, 3.05) is 0 Å². The number of para-hydroxylation sites is 1. The number of fused-ring (bicyclic) bond motifs is 1. The molecule has 0 amide bonds. The molecule has 0 unspecified atom stereocenters. The van der Waals surface area contributed by atoms with E-state index in [-0.39, 0.29) is 17.0 Å². The molecule has 3 rings (SSSR count). The highest BCUT2D eigenvalue weighted by atomic mass is 16.6. The summed E-state index contributed by atoms with van der Waals surface area (Å²) in [6, 6.07) is 12.3. The zero-order valence-electron chi connectivity index (χ0n) is 13.3. The molecular weight excluding hydrogens is 324 g/mol. The van der Waals surface area contributed by atoms with Crippen LogP contribution >= 0.6 is 0 Å². The number of hydrogen-bond acceptors (Lipinski definition) is 5. The Labute approximate surface area is 142 Å². The highest BCUT2D eigenvalue weighted by Crippen LogP contribution is 2.20. The van der Waals surface area contributed by atoms with Crippen molar-refractivity contribution in [1.82, 2.24) is 4.98 Å². The van der Waals surface area contributed by atoms with Crippen LogP contribution in [0.25, 0.3) is 10.9 Å². The number of carbonyl (C=O) groups is 2. The van der Waals surface area contributed by atoms with Crippen LogP contribution in [0.4, 0.5) is 5.69 Å². The summed E-state index contributed by atoms with van der Waals surface area (Å²) in [5.41, 5.74) is 1.28. The van der Waals surface area contributed by atoms with Crippen LogP contribution in [0.15, 0.2) is 54.7 Å². The lowest BCUT2D eigenvalue weighted by Gasteiger charge is -2.12. The first-order valence-electron chi connectivity index (χ1n) is 7.53. The largest absolute Gasteiger partial charge is 0.451 e. The van der Waals surface area contributed by atoms with E-state index in [1.165, 1.54) is 31.2 Å². The molecule has 0 aliphatic carbocycles. The van der Waals surface area contributed by atoms with E-state index in [4.69, 9.17) is 4.74 Å². The number of carbonyl (C=O) groups excluding carboxylic acids is 2. The molecule has 2 aromatic carbocycles. The van der Waals surface area contributed by atoms with Gasteiger partial charge in [-0.05, 0) is 25.1 Å². The van der Waals surface area contributed by atoms with Crippen molar-refractivity contribution in [3.63, 3.8) is 0 Å². The van der Waals surface area contributed by atoms with E-state index >= 15 is 0 Å². The van der Waals surface area contributed by atoms with Crippen LogP contribution in [0.1, 0.15) is 27.6 Å². The van der Waals surface area contributed by atoms with Gasteiger partial charge in [0.15, 0.2) is 6.10 Å². The molecule has 0 aliphatic heterocycles. The number of esters is 1. The quantitative estimate of drug-likeness (QED) is 0.332. The molecule has 1 aromatic heterocycles. The predicted octanol–water partition coefficient (Wildman–Crippen LogP) is 3.50. The fraction of sp³-hybridized carbons (Fsp3) is 0.111. The van der Waals surface area contributed by atoms with Crippen LogP contribution in [0.3, 0.4) is 0 Å². The van der Waals surface area contributed by atoms with Crippen LogP contribution in [0.2, 0.25) is 0 Å². The standard InChI is InChI=1S/C18H14N2O5/c1-11(17(21)15-10-19-16-5-3-2-4-14(15)16)25-18(22)12-6-8-13(9-7-12)20(23)24/h2-11,19H,1H3/t11-/m0/s1. The summed E-state index contributed by atoms with van der Waals surface area (Å²) in [6.07, 6.45) is 0.602. The van der Waals surface area contributed by atoms with E-state index in [2.05, 4.69) is 4.98 Å². The average Bonchev–Trinajstić information content (AvgIpc) is 3.05. The van der Waals surface area contributed by atoms with Crippen LogP contribution < -0.4 is 0 Å². The van der Waals surface area contributed by atoms with Crippen LogP contribution in [0, 0.1) is 10.1 Å². The third kappa shape index (κ3) is 3.25. The Kier molecular flexibility index (Phi) is 4.30. The minimum absolute atomic E-state index is 0.125. The topological polar surface area (TPSA) is 102 Å². The molecule has 0 bridgehead atoms. The summed E-state index contributed by atoms with van der Waals surface area (Å²) in [5.74, 6) is -1.04. The van der Waals surface area contributed by atoms with E-state index in [9.17, 15) is 19.7 Å². The van der Waals surface area contributed by atoms with Crippen molar-refractivity contribution in [3.05, 3.63) is 76.0 Å². The van der Waals surface area contributed by atoms with Crippen molar-refractivity contribution in [2.24, 2.45) is 0 Å². The average molecular weight is 338 g/mol. The number of nitro benzene ring substituents is 1. The number of benzene rings is 2. The Morgan fingerprint density at radius 3 is 2.48 bits per heavy atom. The molecular formula is C18H14N2O5. The maximum Gasteiger partial charge on any atom is 0.338 e. The lowest BCUT2D eigenvalue weighted by molar-refractivity contribution is -0.384. The van der Waals surface area contributed by atoms with E-state index in [1.54, 1.807) is 6.20 Å². The number of Topliss-reactive ketones (excluding diaryl/α,β-unsaturated/α-hetero) is 1. The van der Waals surface area contributed by atoms with Gasteiger partial charge in [-0.15, -0.1) is 0 Å². The number of hydrogen-bond donors (Lipinski definition) is 1. The summed E-state index contributed by atoms with van der Waals surface area (Å²) in [5, 5.41) is 11.4. The first kappa shape index (κ1) is 16.4. The molecule has 0 fully saturated rings. The van der Waals surface area contributed by atoms with Gasteiger partial charge >= 0.3 is 5.97 Å². The minimum Gasteiger partial charge on any atom is -0.451 e. The lowest BCUT2D eigenvalue weighted by Crippen LogP contribution is -2.24. The first-order valence-corrected chi connectivity index (χ1v) is 7.53. The van der Waals surface area contributed by atoms with Crippen molar-refractivity contribution in [2.45, 2.75) is 13.0 Å². The summed E-state index contributed by atoms with van der Waals surface area (Å²) in [4.78, 5) is 37.7. The zero-order valence-corrected chi connectivity index (χ0v) is 13.3. The van der Waals surface area contributed by atoms with Gasteiger partial charge in [0.1, 0.15) is 0 Å². The molecule has 0 saturated heterocycles. The Hall–Kier alpha value is -3.48. The number of rotatable bonds is 5. The van der Waals surface area contributed by atoms with E-state index in [0.29, 0.717) is 5.56 Å². The summed E-state index contributed by atoms with van der Waals surface area (Å²) < 4.78 is 5.20. The van der Waals surface area contributed by atoms with Gasteiger partial charge in [-0.25, -0.2) is 4.79 Å². The number of H-pyrrole nitrogens is 1. The summed E-state index contributed by atoms with van der Waals surface area (Å²) in [7, 11) is 0. The highest BCUT2D eigenvalue weighted by Gasteiger charge is 2.23. The second kappa shape index (κ2) is 6.56. The fourth-order valence-electron chi connectivity index (χ4n) is 2.50. The zero-order chi connectivity index (χ0) is 18.0. The molecule has 0 spiro atoms. The minimum atomic E-state index is -0.984. The maximum atomic E-state index is 12.5. The second-order valence-electron chi connectivity index (χ2n) is 5.46. The van der Waals surface area contributed by atoms with Gasteiger partial charge in [0.05, 0.1) is 10.5 Å². The smallest absolute Gasteiger partial charge is 0.338 e. The van der Waals surface area contributed by atoms with Gasteiger partial charge in [-0.3, -0.25) is 14.9 Å². The van der Waals surface area contributed by atoms with Crippen molar-refractivity contribution < 1.29 is 19.2 Å². The molecule has 126 valence electrons. The van der Waals surface area contributed by atoms with E-state index < -0.39 is 17.0 Å².